The lowest BCUT2D eigenvalue weighted by molar-refractivity contribution is 0.146. The molecule has 2 rings (SSSR count). The van der Waals surface area contributed by atoms with Crippen LogP contribution in [0.2, 0.25) is 0 Å². The molecule has 0 aliphatic heterocycles. The summed E-state index contributed by atoms with van der Waals surface area (Å²) in [6.45, 7) is 2.25. The van der Waals surface area contributed by atoms with E-state index in [0.29, 0.717) is 6.04 Å². The molecule has 0 bridgehead atoms. The first kappa shape index (κ1) is 14.3. The maximum absolute atomic E-state index is 9.73. The SMILES string of the molecule is CN(CCCN[C@@H]1CCC[C@H]1O)C1CCCCC1. The Morgan fingerprint density at radius 3 is 2.50 bits per heavy atom. The van der Waals surface area contributed by atoms with E-state index in [2.05, 4.69) is 17.3 Å². The molecule has 0 aromatic carbocycles. The second-order valence-electron chi connectivity index (χ2n) is 6.18. The number of hydrogen-bond acceptors (Lipinski definition) is 3. The van der Waals surface area contributed by atoms with E-state index in [1.54, 1.807) is 0 Å². The zero-order valence-corrected chi connectivity index (χ0v) is 11.9. The van der Waals surface area contributed by atoms with Crippen molar-refractivity contribution in [3.63, 3.8) is 0 Å². The summed E-state index contributed by atoms with van der Waals surface area (Å²) in [5.41, 5.74) is 0. The fraction of sp³-hybridized carbons (Fsp3) is 1.00. The van der Waals surface area contributed by atoms with Gasteiger partial charge in [-0.25, -0.2) is 0 Å². The second kappa shape index (κ2) is 7.46. The van der Waals surface area contributed by atoms with Gasteiger partial charge >= 0.3 is 0 Å². The van der Waals surface area contributed by atoms with Crippen LogP contribution in [0.25, 0.3) is 0 Å². The van der Waals surface area contributed by atoms with E-state index >= 15 is 0 Å². The Hall–Kier alpha value is -0.120. The van der Waals surface area contributed by atoms with Crippen molar-refractivity contribution in [3.8, 4) is 0 Å². The summed E-state index contributed by atoms with van der Waals surface area (Å²) >= 11 is 0. The van der Waals surface area contributed by atoms with E-state index in [4.69, 9.17) is 0 Å². The molecule has 0 aromatic rings. The van der Waals surface area contributed by atoms with E-state index in [-0.39, 0.29) is 6.10 Å². The lowest BCUT2D eigenvalue weighted by Crippen LogP contribution is -2.39. The van der Waals surface area contributed by atoms with Gasteiger partial charge in [-0.3, -0.25) is 0 Å². The fourth-order valence-electron chi connectivity index (χ4n) is 3.50. The van der Waals surface area contributed by atoms with Gasteiger partial charge in [0.25, 0.3) is 0 Å². The Bertz CT molecular complexity index is 229. The number of aliphatic hydroxyl groups is 1. The van der Waals surface area contributed by atoms with Gasteiger partial charge in [0, 0.05) is 12.1 Å². The zero-order valence-electron chi connectivity index (χ0n) is 11.9. The molecule has 2 saturated carbocycles. The minimum absolute atomic E-state index is 0.0962. The van der Waals surface area contributed by atoms with Crippen LogP contribution in [0.4, 0.5) is 0 Å². The Labute approximate surface area is 112 Å². The summed E-state index contributed by atoms with van der Waals surface area (Å²) in [5, 5.41) is 13.2. The zero-order chi connectivity index (χ0) is 12.8. The average molecular weight is 254 g/mol. The Morgan fingerprint density at radius 2 is 1.83 bits per heavy atom. The summed E-state index contributed by atoms with van der Waals surface area (Å²) in [6.07, 6.45) is 11.5. The lowest BCUT2D eigenvalue weighted by atomic mass is 9.94. The molecule has 0 unspecified atom stereocenters. The molecular weight excluding hydrogens is 224 g/mol. The highest BCUT2D eigenvalue weighted by Crippen LogP contribution is 2.21. The number of nitrogens with one attached hydrogen (secondary N) is 1. The van der Waals surface area contributed by atoms with E-state index < -0.39 is 0 Å². The van der Waals surface area contributed by atoms with E-state index in [0.717, 1.165) is 25.4 Å². The van der Waals surface area contributed by atoms with Crippen molar-refractivity contribution in [1.82, 2.24) is 10.2 Å². The molecule has 106 valence electrons. The summed E-state index contributed by atoms with van der Waals surface area (Å²) in [6, 6.07) is 1.20. The van der Waals surface area contributed by atoms with Crippen molar-refractivity contribution < 1.29 is 5.11 Å². The highest BCUT2D eigenvalue weighted by molar-refractivity contribution is 4.82. The first-order valence-corrected chi connectivity index (χ1v) is 7.89. The highest BCUT2D eigenvalue weighted by Gasteiger charge is 2.24. The minimum Gasteiger partial charge on any atom is -0.392 e. The van der Waals surface area contributed by atoms with Gasteiger partial charge < -0.3 is 15.3 Å². The Morgan fingerprint density at radius 1 is 1.06 bits per heavy atom. The van der Waals surface area contributed by atoms with Crippen molar-refractivity contribution >= 4 is 0 Å². The predicted octanol–water partition coefficient (Wildman–Crippen LogP) is 2.14. The number of hydrogen-bond donors (Lipinski definition) is 2. The molecule has 0 heterocycles. The van der Waals surface area contributed by atoms with E-state index in [9.17, 15) is 5.11 Å². The second-order valence-corrected chi connectivity index (χ2v) is 6.18. The van der Waals surface area contributed by atoms with Crippen molar-refractivity contribution in [1.29, 1.82) is 0 Å². The molecule has 18 heavy (non-hydrogen) atoms. The van der Waals surface area contributed by atoms with Gasteiger partial charge in [-0.2, -0.15) is 0 Å². The fourth-order valence-corrected chi connectivity index (χ4v) is 3.50. The molecule has 0 amide bonds. The van der Waals surface area contributed by atoms with Gasteiger partial charge in [-0.1, -0.05) is 19.3 Å². The van der Waals surface area contributed by atoms with Crippen LogP contribution in [0.5, 0.6) is 0 Å². The standard InChI is InChI=1S/C15H30N2O/c1-17(13-7-3-2-4-8-13)12-6-11-16-14-9-5-10-15(14)18/h13-16,18H,2-12H2,1H3/t14-,15-/m1/s1. The number of nitrogens with zero attached hydrogens (tertiary/aromatic N) is 1. The largest absolute Gasteiger partial charge is 0.392 e. The van der Waals surface area contributed by atoms with Crippen LogP contribution < -0.4 is 5.32 Å². The number of aliphatic hydroxyl groups excluding tert-OH is 1. The predicted molar refractivity (Wildman–Crippen MR) is 75.8 cm³/mol. The topological polar surface area (TPSA) is 35.5 Å². The number of rotatable bonds is 6. The van der Waals surface area contributed by atoms with Crippen LogP contribution in [0.1, 0.15) is 57.8 Å². The third kappa shape index (κ3) is 4.22. The molecule has 3 heteroatoms. The van der Waals surface area contributed by atoms with Gasteiger partial charge in [0.1, 0.15) is 0 Å². The molecular formula is C15H30N2O. The summed E-state index contributed by atoms with van der Waals surface area (Å²) in [5.74, 6) is 0. The van der Waals surface area contributed by atoms with Crippen molar-refractivity contribution in [3.05, 3.63) is 0 Å². The van der Waals surface area contributed by atoms with Crippen molar-refractivity contribution in [2.45, 2.75) is 76.0 Å². The molecule has 2 aliphatic carbocycles. The normalized spacial score (nSPS) is 30.2. The van der Waals surface area contributed by atoms with Gasteiger partial charge in [0.2, 0.25) is 0 Å². The maximum Gasteiger partial charge on any atom is 0.0693 e. The molecule has 2 atom stereocenters. The van der Waals surface area contributed by atoms with Gasteiger partial charge in [0.05, 0.1) is 6.10 Å². The molecule has 0 saturated heterocycles. The van der Waals surface area contributed by atoms with Crippen LogP contribution in [-0.2, 0) is 0 Å². The summed E-state index contributed by atoms with van der Waals surface area (Å²) in [4.78, 5) is 2.55. The van der Waals surface area contributed by atoms with E-state index in [1.807, 2.05) is 0 Å². The first-order valence-electron chi connectivity index (χ1n) is 7.89. The summed E-state index contributed by atoms with van der Waals surface area (Å²) < 4.78 is 0. The van der Waals surface area contributed by atoms with E-state index in [1.165, 1.54) is 51.5 Å². The van der Waals surface area contributed by atoms with Crippen molar-refractivity contribution in [2.24, 2.45) is 0 Å². The monoisotopic (exact) mass is 254 g/mol. The van der Waals surface area contributed by atoms with Gasteiger partial charge in [0.15, 0.2) is 0 Å². The third-order valence-corrected chi connectivity index (χ3v) is 4.77. The third-order valence-electron chi connectivity index (χ3n) is 4.77. The molecule has 0 radical (unpaired) electrons. The highest BCUT2D eigenvalue weighted by atomic mass is 16.3. The van der Waals surface area contributed by atoms with Crippen LogP contribution in [0.15, 0.2) is 0 Å². The molecule has 2 fully saturated rings. The van der Waals surface area contributed by atoms with Crippen LogP contribution in [-0.4, -0.2) is 48.3 Å². The minimum atomic E-state index is -0.0962. The quantitative estimate of drug-likeness (QED) is 0.713. The molecule has 3 nitrogen and oxygen atoms in total. The molecule has 2 aliphatic rings. The summed E-state index contributed by atoms with van der Waals surface area (Å²) in [7, 11) is 2.28. The molecule has 0 aromatic heterocycles. The maximum atomic E-state index is 9.73. The Balaban J connectivity index is 1.54. The average Bonchev–Trinajstić information content (AvgIpc) is 2.81. The molecule has 0 spiro atoms. The Kier molecular flexibility index (Phi) is 5.93. The van der Waals surface area contributed by atoms with Crippen LogP contribution in [0.3, 0.4) is 0 Å². The lowest BCUT2D eigenvalue weighted by Gasteiger charge is -2.31. The first-order chi connectivity index (χ1) is 8.77. The molecule has 2 N–H and O–H groups in total. The van der Waals surface area contributed by atoms with Crippen LogP contribution in [0, 0.1) is 0 Å². The smallest absolute Gasteiger partial charge is 0.0693 e. The van der Waals surface area contributed by atoms with Gasteiger partial charge in [-0.05, 0) is 58.7 Å². The van der Waals surface area contributed by atoms with Crippen LogP contribution >= 0.6 is 0 Å². The van der Waals surface area contributed by atoms with Gasteiger partial charge in [-0.15, -0.1) is 0 Å². The van der Waals surface area contributed by atoms with Crippen molar-refractivity contribution in [2.75, 3.05) is 20.1 Å².